The number of ether oxygens (including phenoxy) is 1. The highest BCUT2D eigenvalue weighted by Gasteiger charge is 2.34. The van der Waals surface area contributed by atoms with Gasteiger partial charge < -0.3 is 14.5 Å². The minimum atomic E-state index is -3.53. The van der Waals surface area contributed by atoms with Gasteiger partial charge in [0.1, 0.15) is 5.75 Å². The Morgan fingerprint density at radius 3 is 2.31 bits per heavy atom. The van der Waals surface area contributed by atoms with Crippen LogP contribution in [-0.2, 0) is 21.4 Å². The Labute approximate surface area is 237 Å². The average Bonchev–Trinajstić information content (AvgIpc) is 3.51. The summed E-state index contributed by atoms with van der Waals surface area (Å²) in [4.78, 5) is 31.2. The number of hydrogen-bond acceptors (Lipinski definition) is 6. The molecular weight excluding hydrogens is 534 g/mol. The normalized spacial score (nSPS) is 17.4. The molecule has 1 saturated heterocycles. The smallest absolute Gasteiger partial charge is 0.263 e. The molecule has 0 spiro atoms. The third kappa shape index (κ3) is 7.83. The van der Waals surface area contributed by atoms with E-state index in [-0.39, 0.29) is 30.2 Å². The highest BCUT2D eigenvalue weighted by molar-refractivity contribution is 7.89. The van der Waals surface area contributed by atoms with Crippen molar-refractivity contribution in [2.45, 2.75) is 64.5 Å². The number of amides is 2. The van der Waals surface area contributed by atoms with Gasteiger partial charge >= 0.3 is 0 Å². The summed E-state index contributed by atoms with van der Waals surface area (Å²) in [5.74, 6) is 0.874. The van der Waals surface area contributed by atoms with E-state index in [0.29, 0.717) is 44.9 Å². The predicted octanol–water partition coefficient (Wildman–Crippen LogP) is 4.62. The summed E-state index contributed by atoms with van der Waals surface area (Å²) in [5.41, 5.74) is 0.957. The molecule has 2 amide bonds. The van der Waals surface area contributed by atoms with Gasteiger partial charge in [0.2, 0.25) is 15.9 Å². The number of likely N-dealkylation sites (tertiary alicyclic amines) is 1. The van der Waals surface area contributed by atoms with Crippen LogP contribution in [0, 0.1) is 5.92 Å². The third-order valence-corrected chi connectivity index (χ3v) is 10.7. The molecule has 4 rings (SSSR count). The Hall–Kier alpha value is -2.43. The lowest BCUT2D eigenvalue weighted by molar-refractivity contribution is -0.135. The minimum Gasteiger partial charge on any atom is -0.497 e. The first-order valence-corrected chi connectivity index (χ1v) is 16.5. The molecule has 2 aliphatic rings. The molecule has 10 heteroatoms. The van der Waals surface area contributed by atoms with E-state index < -0.39 is 10.0 Å². The van der Waals surface area contributed by atoms with Crippen molar-refractivity contribution in [3.05, 3.63) is 52.2 Å². The molecule has 0 N–H and O–H groups in total. The van der Waals surface area contributed by atoms with Crippen molar-refractivity contribution in [1.29, 1.82) is 0 Å². The van der Waals surface area contributed by atoms with E-state index in [1.54, 1.807) is 14.0 Å². The maximum Gasteiger partial charge on any atom is 0.263 e. The predicted molar refractivity (Wildman–Crippen MR) is 154 cm³/mol. The number of rotatable bonds is 11. The second-order valence-corrected chi connectivity index (χ2v) is 13.8. The summed E-state index contributed by atoms with van der Waals surface area (Å²) in [7, 11) is -1.91. The van der Waals surface area contributed by atoms with Gasteiger partial charge in [0.15, 0.2) is 0 Å². The van der Waals surface area contributed by atoms with Crippen LogP contribution in [0.2, 0.25) is 0 Å². The van der Waals surface area contributed by atoms with E-state index >= 15 is 0 Å². The molecular formula is C29H41N3O5S2. The zero-order valence-electron chi connectivity index (χ0n) is 23.1. The molecule has 0 bridgehead atoms. The summed E-state index contributed by atoms with van der Waals surface area (Å²) in [5, 5.41) is 1.90. The first-order valence-electron chi connectivity index (χ1n) is 14.0. The van der Waals surface area contributed by atoms with Crippen molar-refractivity contribution >= 4 is 33.2 Å². The number of piperidine rings is 1. The monoisotopic (exact) mass is 575 g/mol. The lowest BCUT2D eigenvalue weighted by Crippen LogP contribution is -2.51. The van der Waals surface area contributed by atoms with Crippen molar-refractivity contribution in [3.63, 3.8) is 0 Å². The highest BCUT2D eigenvalue weighted by atomic mass is 32.2. The fraction of sp³-hybridized carbons (Fsp3) is 0.586. The zero-order chi connectivity index (χ0) is 27.8. The molecule has 39 heavy (non-hydrogen) atoms. The summed E-state index contributed by atoms with van der Waals surface area (Å²) in [6.45, 7) is 3.42. The number of sulfonamides is 1. The molecule has 0 radical (unpaired) electrons. The van der Waals surface area contributed by atoms with Crippen LogP contribution in [-0.4, -0.2) is 79.4 Å². The first-order chi connectivity index (χ1) is 18.8. The van der Waals surface area contributed by atoms with E-state index in [1.165, 1.54) is 22.1 Å². The third-order valence-electron chi connectivity index (χ3n) is 8.01. The van der Waals surface area contributed by atoms with Crippen LogP contribution in [0.3, 0.4) is 0 Å². The van der Waals surface area contributed by atoms with Gasteiger partial charge in [-0.05, 0) is 67.7 Å². The number of thiophene rings is 1. The van der Waals surface area contributed by atoms with Gasteiger partial charge in [-0.2, -0.15) is 4.31 Å². The molecule has 1 aliphatic heterocycles. The minimum absolute atomic E-state index is 0.0191. The van der Waals surface area contributed by atoms with E-state index in [4.69, 9.17) is 4.74 Å². The fourth-order valence-corrected chi connectivity index (χ4v) is 7.44. The molecule has 214 valence electrons. The largest absolute Gasteiger partial charge is 0.497 e. The first kappa shape index (κ1) is 29.6. The SMILES string of the molecule is CCS(=O)(=O)N(CC(=O)N(Cc1ccc(OC)cc1)C1CCN(C(=O)c2cccs2)CC1)CC1CCCCC1. The molecule has 2 fully saturated rings. The van der Waals surface area contributed by atoms with Crippen molar-refractivity contribution in [2.75, 3.05) is 39.0 Å². The second kappa shape index (κ2) is 13.8. The van der Waals surface area contributed by atoms with E-state index in [2.05, 4.69) is 0 Å². The maximum atomic E-state index is 13.9. The Kier molecular flexibility index (Phi) is 10.4. The van der Waals surface area contributed by atoms with Crippen molar-refractivity contribution < 1.29 is 22.7 Å². The summed E-state index contributed by atoms with van der Waals surface area (Å²) < 4.78 is 32.8. The highest BCUT2D eigenvalue weighted by Crippen LogP contribution is 2.27. The Morgan fingerprint density at radius 2 is 1.72 bits per heavy atom. The topological polar surface area (TPSA) is 87.2 Å². The molecule has 1 aromatic heterocycles. The molecule has 0 unspecified atom stereocenters. The summed E-state index contributed by atoms with van der Waals surface area (Å²) in [6.07, 6.45) is 6.76. The van der Waals surface area contributed by atoms with Crippen LogP contribution in [0.15, 0.2) is 41.8 Å². The van der Waals surface area contributed by atoms with Gasteiger partial charge in [-0.15, -0.1) is 11.3 Å². The van der Waals surface area contributed by atoms with Crippen molar-refractivity contribution in [1.82, 2.24) is 14.1 Å². The van der Waals surface area contributed by atoms with Crippen LogP contribution < -0.4 is 4.74 Å². The second-order valence-electron chi connectivity index (χ2n) is 10.6. The average molecular weight is 576 g/mol. The van der Waals surface area contributed by atoms with E-state index in [0.717, 1.165) is 41.9 Å². The Balaban J connectivity index is 1.50. The number of hydrogen-bond donors (Lipinski definition) is 0. The fourth-order valence-electron chi connectivity index (χ4n) is 5.64. The Morgan fingerprint density at radius 1 is 1.03 bits per heavy atom. The van der Waals surface area contributed by atoms with Crippen LogP contribution in [0.25, 0.3) is 0 Å². The van der Waals surface area contributed by atoms with Crippen LogP contribution >= 0.6 is 11.3 Å². The summed E-state index contributed by atoms with van der Waals surface area (Å²) >= 11 is 1.44. The zero-order valence-corrected chi connectivity index (χ0v) is 24.7. The molecule has 8 nitrogen and oxygen atoms in total. The van der Waals surface area contributed by atoms with E-state index in [1.807, 2.05) is 51.6 Å². The van der Waals surface area contributed by atoms with Gasteiger partial charge in [-0.3, -0.25) is 9.59 Å². The Bertz CT molecular complexity index is 1170. The number of carbonyl (C=O) groups is 2. The summed E-state index contributed by atoms with van der Waals surface area (Å²) in [6, 6.07) is 11.3. The molecule has 2 aromatic rings. The lowest BCUT2D eigenvalue weighted by Gasteiger charge is -2.39. The number of benzene rings is 1. The molecule has 1 aromatic carbocycles. The number of methoxy groups -OCH3 is 1. The maximum absolute atomic E-state index is 13.9. The standard InChI is InChI=1S/C29H41N3O5S2/c1-3-39(35,36)31(20-23-8-5-4-6-9-23)22-28(33)32(21-24-11-13-26(37-2)14-12-24)25-15-17-30(18-16-25)29(34)27-10-7-19-38-27/h7,10-14,19,23,25H,3-6,8-9,15-18,20-22H2,1-2H3. The van der Waals surface area contributed by atoms with Gasteiger partial charge in [0, 0.05) is 32.2 Å². The number of carbonyl (C=O) groups excluding carboxylic acids is 2. The lowest BCUT2D eigenvalue weighted by atomic mass is 9.89. The molecule has 2 heterocycles. The van der Waals surface area contributed by atoms with Crippen LogP contribution in [0.5, 0.6) is 5.75 Å². The number of nitrogens with zero attached hydrogens (tertiary/aromatic N) is 3. The quantitative estimate of drug-likeness (QED) is 0.390. The van der Waals surface area contributed by atoms with Crippen LogP contribution in [0.4, 0.5) is 0 Å². The van der Waals surface area contributed by atoms with Gasteiger partial charge in [0.05, 0.1) is 24.3 Å². The molecule has 1 saturated carbocycles. The van der Waals surface area contributed by atoms with Crippen molar-refractivity contribution in [3.8, 4) is 5.75 Å². The molecule has 1 aliphatic carbocycles. The van der Waals surface area contributed by atoms with Crippen LogP contribution in [0.1, 0.15) is 67.1 Å². The molecule has 0 atom stereocenters. The van der Waals surface area contributed by atoms with Gasteiger partial charge in [-0.25, -0.2) is 8.42 Å². The van der Waals surface area contributed by atoms with E-state index in [9.17, 15) is 18.0 Å². The van der Waals surface area contributed by atoms with Gasteiger partial charge in [0.25, 0.3) is 5.91 Å². The van der Waals surface area contributed by atoms with Gasteiger partial charge in [-0.1, -0.05) is 37.5 Å². The van der Waals surface area contributed by atoms with Crippen molar-refractivity contribution in [2.24, 2.45) is 5.92 Å².